The molecule has 0 aliphatic heterocycles. The van der Waals surface area contributed by atoms with Crippen molar-refractivity contribution >= 4 is 0 Å². The number of nitrogens with zero attached hydrogens (tertiary/aromatic N) is 2. The maximum absolute atomic E-state index is 9.23. The number of hydrogen-bond donors (Lipinski definition) is 2. The molecule has 0 radical (unpaired) electrons. The molecule has 0 atom stereocenters. The van der Waals surface area contributed by atoms with Crippen molar-refractivity contribution in [3.8, 4) is 17.1 Å². The van der Waals surface area contributed by atoms with Crippen molar-refractivity contribution in [2.75, 3.05) is 7.05 Å². The third kappa shape index (κ3) is 2.06. The van der Waals surface area contributed by atoms with Gasteiger partial charge in [0.25, 0.3) is 0 Å². The standard InChI is InChI=1S/C12H15N3O/c1-13-7-10-8-15(2)12(14-10)9-3-5-11(16)6-4-9/h3-6,8,13,16H,7H2,1-2H3. The molecule has 0 aliphatic rings. The first kappa shape index (κ1) is 10.7. The van der Waals surface area contributed by atoms with Crippen LogP contribution in [0.5, 0.6) is 5.75 Å². The van der Waals surface area contributed by atoms with Gasteiger partial charge in [-0.3, -0.25) is 0 Å². The summed E-state index contributed by atoms with van der Waals surface area (Å²) in [5, 5.41) is 12.3. The van der Waals surface area contributed by atoms with Crippen molar-refractivity contribution in [1.29, 1.82) is 0 Å². The molecule has 0 spiro atoms. The highest BCUT2D eigenvalue weighted by Gasteiger charge is 2.06. The molecule has 4 heteroatoms. The Labute approximate surface area is 94.6 Å². The van der Waals surface area contributed by atoms with Crippen LogP contribution in [0, 0.1) is 0 Å². The van der Waals surface area contributed by atoms with E-state index < -0.39 is 0 Å². The van der Waals surface area contributed by atoms with E-state index in [-0.39, 0.29) is 5.75 Å². The van der Waals surface area contributed by atoms with Gasteiger partial charge in [-0.1, -0.05) is 0 Å². The van der Waals surface area contributed by atoms with Crippen LogP contribution in [0.2, 0.25) is 0 Å². The van der Waals surface area contributed by atoms with Gasteiger partial charge in [-0.2, -0.15) is 0 Å². The fourth-order valence-electron chi connectivity index (χ4n) is 1.67. The van der Waals surface area contributed by atoms with Crippen molar-refractivity contribution in [2.24, 2.45) is 7.05 Å². The molecular weight excluding hydrogens is 202 g/mol. The predicted molar refractivity (Wildman–Crippen MR) is 63.1 cm³/mol. The summed E-state index contributed by atoms with van der Waals surface area (Å²) >= 11 is 0. The third-order valence-electron chi connectivity index (χ3n) is 2.41. The van der Waals surface area contributed by atoms with Gasteiger partial charge in [0, 0.05) is 25.4 Å². The zero-order chi connectivity index (χ0) is 11.5. The van der Waals surface area contributed by atoms with Gasteiger partial charge >= 0.3 is 0 Å². The average molecular weight is 217 g/mol. The second-order valence-electron chi connectivity index (χ2n) is 3.74. The van der Waals surface area contributed by atoms with E-state index in [1.165, 1.54) is 0 Å². The van der Waals surface area contributed by atoms with Crippen LogP contribution < -0.4 is 5.32 Å². The highest BCUT2D eigenvalue weighted by atomic mass is 16.3. The molecule has 2 rings (SSSR count). The third-order valence-corrected chi connectivity index (χ3v) is 2.41. The maximum atomic E-state index is 9.23. The topological polar surface area (TPSA) is 50.1 Å². The molecule has 1 aromatic heterocycles. The normalized spacial score (nSPS) is 10.6. The second kappa shape index (κ2) is 4.37. The summed E-state index contributed by atoms with van der Waals surface area (Å²) < 4.78 is 1.99. The molecule has 0 amide bonds. The summed E-state index contributed by atoms with van der Waals surface area (Å²) in [5.41, 5.74) is 2.01. The Morgan fingerprint density at radius 3 is 2.62 bits per heavy atom. The van der Waals surface area contributed by atoms with Crippen LogP contribution in [-0.2, 0) is 13.6 Å². The zero-order valence-electron chi connectivity index (χ0n) is 9.44. The Hall–Kier alpha value is -1.81. The van der Waals surface area contributed by atoms with Crippen molar-refractivity contribution in [3.63, 3.8) is 0 Å². The van der Waals surface area contributed by atoms with E-state index in [0.717, 1.165) is 23.6 Å². The molecule has 2 N–H and O–H groups in total. The monoisotopic (exact) mass is 217 g/mol. The lowest BCUT2D eigenvalue weighted by Gasteiger charge is -2.00. The van der Waals surface area contributed by atoms with Gasteiger partial charge in [0.1, 0.15) is 11.6 Å². The van der Waals surface area contributed by atoms with Gasteiger partial charge in [0.05, 0.1) is 5.69 Å². The minimum absolute atomic E-state index is 0.272. The summed E-state index contributed by atoms with van der Waals surface area (Å²) in [6.07, 6.45) is 2.00. The van der Waals surface area contributed by atoms with Gasteiger partial charge in [0.2, 0.25) is 0 Å². The Morgan fingerprint density at radius 1 is 1.31 bits per heavy atom. The van der Waals surface area contributed by atoms with E-state index in [2.05, 4.69) is 10.3 Å². The molecule has 1 heterocycles. The molecule has 0 bridgehead atoms. The van der Waals surface area contributed by atoms with Crippen LogP contribution in [0.4, 0.5) is 0 Å². The number of hydrogen-bond acceptors (Lipinski definition) is 3. The molecule has 16 heavy (non-hydrogen) atoms. The van der Waals surface area contributed by atoms with Crippen LogP contribution in [0.3, 0.4) is 0 Å². The van der Waals surface area contributed by atoms with Crippen LogP contribution >= 0.6 is 0 Å². The van der Waals surface area contributed by atoms with Gasteiger partial charge in [-0.25, -0.2) is 4.98 Å². The van der Waals surface area contributed by atoms with Crippen molar-refractivity contribution in [1.82, 2.24) is 14.9 Å². The molecule has 0 aliphatic carbocycles. The van der Waals surface area contributed by atoms with E-state index in [4.69, 9.17) is 0 Å². The predicted octanol–water partition coefficient (Wildman–Crippen LogP) is 1.51. The fourth-order valence-corrected chi connectivity index (χ4v) is 1.67. The molecule has 4 nitrogen and oxygen atoms in total. The minimum atomic E-state index is 0.272. The number of aromatic nitrogens is 2. The van der Waals surface area contributed by atoms with Crippen LogP contribution in [0.15, 0.2) is 30.5 Å². The first-order valence-electron chi connectivity index (χ1n) is 5.17. The summed E-state index contributed by atoms with van der Waals surface area (Å²) in [7, 11) is 3.86. The Balaban J connectivity index is 2.36. The van der Waals surface area contributed by atoms with Gasteiger partial charge in [0.15, 0.2) is 0 Å². The summed E-state index contributed by atoms with van der Waals surface area (Å²) in [6.45, 7) is 0.756. The number of nitrogens with one attached hydrogen (secondary N) is 1. The quantitative estimate of drug-likeness (QED) is 0.819. The molecule has 0 saturated heterocycles. The molecule has 0 saturated carbocycles. The van der Waals surface area contributed by atoms with Crippen LogP contribution in [0.25, 0.3) is 11.4 Å². The number of aryl methyl sites for hydroxylation is 1. The van der Waals surface area contributed by atoms with Crippen molar-refractivity contribution in [2.45, 2.75) is 6.54 Å². The molecule has 1 aromatic carbocycles. The highest BCUT2D eigenvalue weighted by molar-refractivity contribution is 5.57. The lowest BCUT2D eigenvalue weighted by molar-refractivity contribution is 0.475. The summed E-state index contributed by atoms with van der Waals surface area (Å²) in [6, 6.07) is 7.06. The van der Waals surface area contributed by atoms with E-state index in [1.54, 1.807) is 12.1 Å². The minimum Gasteiger partial charge on any atom is -0.508 e. The number of aromatic hydroxyl groups is 1. The molecule has 2 aromatic rings. The van der Waals surface area contributed by atoms with Gasteiger partial charge < -0.3 is 15.0 Å². The van der Waals surface area contributed by atoms with Crippen LogP contribution in [0.1, 0.15) is 5.69 Å². The lowest BCUT2D eigenvalue weighted by atomic mass is 10.2. The zero-order valence-corrected chi connectivity index (χ0v) is 9.44. The molecule has 0 unspecified atom stereocenters. The van der Waals surface area contributed by atoms with E-state index in [1.807, 2.05) is 37.0 Å². The number of imidazole rings is 1. The Kier molecular flexibility index (Phi) is 2.92. The average Bonchev–Trinajstić information content (AvgIpc) is 2.61. The smallest absolute Gasteiger partial charge is 0.140 e. The first-order chi connectivity index (χ1) is 7.70. The molecule has 84 valence electrons. The lowest BCUT2D eigenvalue weighted by Crippen LogP contribution is -2.04. The van der Waals surface area contributed by atoms with E-state index in [9.17, 15) is 5.11 Å². The summed E-state index contributed by atoms with van der Waals surface area (Å²) in [5.74, 6) is 1.18. The largest absolute Gasteiger partial charge is 0.508 e. The summed E-state index contributed by atoms with van der Waals surface area (Å²) in [4.78, 5) is 4.52. The number of rotatable bonds is 3. The van der Waals surface area contributed by atoms with Crippen molar-refractivity contribution in [3.05, 3.63) is 36.2 Å². The molecule has 0 fully saturated rings. The SMILES string of the molecule is CNCc1cn(C)c(-c2ccc(O)cc2)n1. The Bertz CT molecular complexity index is 474. The highest BCUT2D eigenvalue weighted by Crippen LogP contribution is 2.20. The van der Waals surface area contributed by atoms with Crippen molar-refractivity contribution < 1.29 is 5.11 Å². The number of benzene rings is 1. The van der Waals surface area contributed by atoms with Gasteiger partial charge in [-0.15, -0.1) is 0 Å². The molecular formula is C12H15N3O. The van der Waals surface area contributed by atoms with E-state index in [0.29, 0.717) is 0 Å². The van der Waals surface area contributed by atoms with Gasteiger partial charge in [-0.05, 0) is 31.3 Å². The van der Waals surface area contributed by atoms with Crippen LogP contribution in [-0.4, -0.2) is 21.7 Å². The number of phenols is 1. The fraction of sp³-hybridized carbons (Fsp3) is 0.250. The Morgan fingerprint density at radius 2 is 2.00 bits per heavy atom. The number of phenolic OH excluding ortho intramolecular Hbond substituents is 1. The van der Waals surface area contributed by atoms with E-state index >= 15 is 0 Å². The second-order valence-corrected chi connectivity index (χ2v) is 3.74. The maximum Gasteiger partial charge on any atom is 0.140 e. The first-order valence-corrected chi connectivity index (χ1v) is 5.17.